The predicted octanol–water partition coefficient (Wildman–Crippen LogP) is 2.52. The highest BCUT2D eigenvalue weighted by Crippen LogP contribution is 2.34. The van der Waals surface area contributed by atoms with Crippen LogP contribution in [0, 0.1) is 5.41 Å². The van der Waals surface area contributed by atoms with E-state index in [1.165, 1.54) is 18.6 Å². The Kier molecular flexibility index (Phi) is 6.21. The van der Waals surface area contributed by atoms with Crippen LogP contribution in [0.1, 0.15) is 33.1 Å². The quantitative estimate of drug-likeness (QED) is 0.729. The molecule has 0 fully saturated rings. The Morgan fingerprint density at radius 2 is 2.19 bits per heavy atom. The molecule has 0 aromatic carbocycles. The average molecular weight is 244 g/mol. The molecule has 1 aliphatic heterocycles. The van der Waals surface area contributed by atoms with Crippen LogP contribution in [0.3, 0.4) is 0 Å². The SMILES string of the molecule is CCC1(CC)CN=C(NCCCOC)SC1. The van der Waals surface area contributed by atoms with Crippen LogP contribution in [-0.2, 0) is 4.74 Å². The minimum Gasteiger partial charge on any atom is -0.385 e. The number of amidine groups is 1. The Morgan fingerprint density at radius 1 is 1.44 bits per heavy atom. The second-order valence-corrected chi connectivity index (χ2v) is 5.35. The topological polar surface area (TPSA) is 33.6 Å². The van der Waals surface area contributed by atoms with Crippen LogP contribution in [0.25, 0.3) is 0 Å². The van der Waals surface area contributed by atoms with Crippen LogP contribution >= 0.6 is 11.8 Å². The lowest BCUT2D eigenvalue weighted by atomic mass is 9.84. The molecule has 0 radical (unpaired) electrons. The summed E-state index contributed by atoms with van der Waals surface area (Å²) in [7, 11) is 1.74. The van der Waals surface area contributed by atoms with E-state index in [0.29, 0.717) is 5.41 Å². The van der Waals surface area contributed by atoms with Crippen LogP contribution in [0.4, 0.5) is 0 Å². The van der Waals surface area contributed by atoms with E-state index in [4.69, 9.17) is 4.74 Å². The standard InChI is InChI=1S/C12H24N2OS/c1-4-12(5-2)9-14-11(16-10-12)13-7-6-8-15-3/h4-10H2,1-3H3,(H,13,14). The van der Waals surface area contributed by atoms with Crippen LogP contribution in [0.2, 0.25) is 0 Å². The van der Waals surface area contributed by atoms with Gasteiger partial charge in [0.15, 0.2) is 5.17 Å². The lowest BCUT2D eigenvalue weighted by Crippen LogP contribution is -2.35. The Balaban J connectivity index is 2.29. The molecule has 0 spiro atoms. The van der Waals surface area contributed by atoms with Crippen LogP contribution in [0.5, 0.6) is 0 Å². The molecule has 1 N–H and O–H groups in total. The fourth-order valence-corrected chi connectivity index (χ4v) is 3.05. The maximum absolute atomic E-state index is 5.01. The summed E-state index contributed by atoms with van der Waals surface area (Å²) in [5.41, 5.74) is 0.447. The number of nitrogens with zero attached hydrogens (tertiary/aromatic N) is 1. The first-order valence-electron chi connectivity index (χ1n) is 6.16. The van der Waals surface area contributed by atoms with Crippen molar-refractivity contribution in [3.05, 3.63) is 0 Å². The summed E-state index contributed by atoms with van der Waals surface area (Å²) in [6.07, 6.45) is 3.51. The molecule has 0 saturated carbocycles. The van der Waals surface area contributed by atoms with Gasteiger partial charge in [0.2, 0.25) is 0 Å². The molecule has 16 heavy (non-hydrogen) atoms. The van der Waals surface area contributed by atoms with Gasteiger partial charge in [-0.25, -0.2) is 0 Å². The highest BCUT2D eigenvalue weighted by atomic mass is 32.2. The summed E-state index contributed by atoms with van der Waals surface area (Å²) in [5, 5.41) is 4.49. The lowest BCUT2D eigenvalue weighted by Gasteiger charge is -2.33. The average Bonchev–Trinajstić information content (AvgIpc) is 2.36. The first-order chi connectivity index (χ1) is 7.76. The largest absolute Gasteiger partial charge is 0.385 e. The zero-order valence-corrected chi connectivity index (χ0v) is 11.5. The van der Waals surface area contributed by atoms with Crippen LogP contribution in [0.15, 0.2) is 4.99 Å². The van der Waals surface area contributed by atoms with Crippen LogP contribution < -0.4 is 5.32 Å². The van der Waals surface area contributed by atoms with Crippen molar-refractivity contribution in [2.45, 2.75) is 33.1 Å². The van der Waals surface area contributed by atoms with Crippen LogP contribution in [-0.4, -0.2) is 37.7 Å². The minimum absolute atomic E-state index is 0.447. The first kappa shape index (κ1) is 13.8. The molecule has 4 heteroatoms. The first-order valence-corrected chi connectivity index (χ1v) is 7.15. The summed E-state index contributed by atoms with van der Waals surface area (Å²) in [6.45, 7) is 7.32. The second kappa shape index (κ2) is 7.17. The molecule has 0 atom stereocenters. The van der Waals surface area contributed by atoms with Gasteiger partial charge in [-0.1, -0.05) is 25.6 Å². The second-order valence-electron chi connectivity index (χ2n) is 4.39. The molecule has 0 unspecified atom stereocenters. The van der Waals surface area contributed by atoms with E-state index < -0.39 is 0 Å². The predicted molar refractivity (Wildman–Crippen MR) is 72.3 cm³/mol. The highest BCUT2D eigenvalue weighted by Gasteiger charge is 2.29. The summed E-state index contributed by atoms with van der Waals surface area (Å²) in [4.78, 5) is 4.65. The number of nitrogens with one attached hydrogen (secondary N) is 1. The number of methoxy groups -OCH3 is 1. The van der Waals surface area contributed by atoms with Crippen molar-refractivity contribution >= 4 is 16.9 Å². The molecular formula is C12H24N2OS. The van der Waals surface area contributed by atoms with E-state index in [2.05, 4.69) is 24.2 Å². The van der Waals surface area contributed by atoms with E-state index in [0.717, 1.165) is 31.3 Å². The van der Waals surface area contributed by atoms with Crippen molar-refractivity contribution in [1.29, 1.82) is 0 Å². The van der Waals surface area contributed by atoms with Crippen molar-refractivity contribution in [2.75, 3.05) is 32.6 Å². The fraction of sp³-hybridized carbons (Fsp3) is 0.917. The molecule has 0 aromatic rings. The van der Waals surface area contributed by atoms with Crippen molar-refractivity contribution in [3.63, 3.8) is 0 Å². The van der Waals surface area contributed by atoms with Gasteiger partial charge < -0.3 is 10.1 Å². The summed E-state index contributed by atoms with van der Waals surface area (Å²) < 4.78 is 5.01. The third kappa shape index (κ3) is 3.98. The number of aliphatic imine (C=N–C) groups is 1. The minimum atomic E-state index is 0.447. The molecule has 1 rings (SSSR count). The van der Waals surface area contributed by atoms with E-state index in [9.17, 15) is 0 Å². The molecule has 94 valence electrons. The lowest BCUT2D eigenvalue weighted by molar-refractivity contribution is 0.195. The Morgan fingerprint density at radius 3 is 2.69 bits per heavy atom. The Labute approximate surface area is 103 Å². The smallest absolute Gasteiger partial charge is 0.156 e. The third-order valence-corrected chi connectivity index (χ3v) is 4.68. The number of hydrogen-bond donors (Lipinski definition) is 1. The number of hydrogen-bond acceptors (Lipinski definition) is 4. The highest BCUT2D eigenvalue weighted by molar-refractivity contribution is 8.13. The van der Waals surface area contributed by atoms with Gasteiger partial charge in [-0.2, -0.15) is 0 Å². The summed E-state index contributed by atoms with van der Waals surface area (Å²) in [6, 6.07) is 0. The van der Waals surface area contributed by atoms with Crippen molar-refractivity contribution in [3.8, 4) is 0 Å². The molecule has 0 bridgehead atoms. The Hall–Kier alpha value is -0.220. The molecule has 1 aliphatic rings. The van der Waals surface area contributed by atoms with Crippen molar-refractivity contribution in [2.24, 2.45) is 10.4 Å². The van der Waals surface area contributed by atoms with Gasteiger partial charge in [0, 0.05) is 32.6 Å². The maximum atomic E-state index is 5.01. The fourth-order valence-electron chi connectivity index (χ4n) is 1.75. The molecule has 0 saturated heterocycles. The number of rotatable bonds is 6. The zero-order valence-electron chi connectivity index (χ0n) is 10.7. The molecule has 0 amide bonds. The van der Waals surface area contributed by atoms with Gasteiger partial charge in [-0.05, 0) is 24.7 Å². The van der Waals surface area contributed by atoms with E-state index in [1.54, 1.807) is 7.11 Å². The zero-order chi connectivity index (χ0) is 11.9. The number of ether oxygens (including phenoxy) is 1. The molecular weight excluding hydrogens is 220 g/mol. The van der Waals surface area contributed by atoms with E-state index in [1.807, 2.05) is 11.8 Å². The van der Waals surface area contributed by atoms with E-state index >= 15 is 0 Å². The summed E-state index contributed by atoms with van der Waals surface area (Å²) >= 11 is 1.88. The third-order valence-electron chi connectivity index (χ3n) is 3.37. The van der Waals surface area contributed by atoms with Gasteiger partial charge in [0.05, 0.1) is 0 Å². The van der Waals surface area contributed by atoms with Gasteiger partial charge in [-0.3, -0.25) is 4.99 Å². The molecule has 0 aromatic heterocycles. The number of thioether (sulfide) groups is 1. The monoisotopic (exact) mass is 244 g/mol. The Bertz CT molecular complexity index is 227. The van der Waals surface area contributed by atoms with E-state index in [-0.39, 0.29) is 0 Å². The van der Waals surface area contributed by atoms with Crippen molar-refractivity contribution < 1.29 is 4.74 Å². The maximum Gasteiger partial charge on any atom is 0.156 e. The molecule has 0 aliphatic carbocycles. The molecule has 1 heterocycles. The van der Waals surface area contributed by atoms with Crippen molar-refractivity contribution in [1.82, 2.24) is 5.32 Å². The van der Waals surface area contributed by atoms with Gasteiger partial charge >= 0.3 is 0 Å². The summed E-state index contributed by atoms with van der Waals surface area (Å²) in [5.74, 6) is 1.20. The van der Waals surface area contributed by atoms with Gasteiger partial charge in [0.1, 0.15) is 0 Å². The van der Waals surface area contributed by atoms with Gasteiger partial charge in [0.25, 0.3) is 0 Å². The molecule has 3 nitrogen and oxygen atoms in total. The van der Waals surface area contributed by atoms with Gasteiger partial charge in [-0.15, -0.1) is 0 Å². The normalized spacial score (nSPS) is 19.3.